The van der Waals surface area contributed by atoms with Crippen LogP contribution in [-0.2, 0) is 13.1 Å². The third-order valence-corrected chi connectivity index (χ3v) is 3.17. The number of nitrogen functional groups attached to an aromatic ring is 1. The summed E-state index contributed by atoms with van der Waals surface area (Å²) in [6.45, 7) is 3.33. The van der Waals surface area contributed by atoms with Crippen LogP contribution in [0, 0.1) is 0 Å². The molecule has 0 atom stereocenters. The first-order valence-corrected chi connectivity index (χ1v) is 6.73. The molecule has 0 aliphatic carbocycles. The molecule has 0 fully saturated rings. The summed E-state index contributed by atoms with van der Waals surface area (Å²) in [5.41, 5.74) is 6.87. The van der Waals surface area contributed by atoms with E-state index in [0.29, 0.717) is 17.9 Å². The molecule has 21 heavy (non-hydrogen) atoms. The molecule has 0 amide bonds. The van der Waals surface area contributed by atoms with Crippen molar-refractivity contribution in [1.29, 1.82) is 0 Å². The van der Waals surface area contributed by atoms with E-state index in [-0.39, 0.29) is 5.56 Å². The summed E-state index contributed by atoms with van der Waals surface area (Å²) < 4.78 is 1.83. The number of carboxylic acids is 1. The Morgan fingerprint density at radius 2 is 2.24 bits per heavy atom. The first kappa shape index (κ1) is 14.8. The van der Waals surface area contributed by atoms with Gasteiger partial charge in [-0.2, -0.15) is 5.10 Å². The minimum atomic E-state index is -1.00. The van der Waals surface area contributed by atoms with Crippen LogP contribution in [0.4, 0.5) is 11.4 Å². The molecule has 1 heterocycles. The fourth-order valence-corrected chi connectivity index (χ4v) is 2.16. The van der Waals surface area contributed by atoms with Gasteiger partial charge in [0.15, 0.2) is 0 Å². The van der Waals surface area contributed by atoms with Crippen molar-refractivity contribution in [3.05, 3.63) is 35.9 Å². The average Bonchev–Trinajstić information content (AvgIpc) is 2.86. The highest BCUT2D eigenvalue weighted by molar-refractivity contribution is 5.95. The van der Waals surface area contributed by atoms with E-state index in [1.807, 2.05) is 16.6 Å². The van der Waals surface area contributed by atoms with Crippen LogP contribution < -0.4 is 10.6 Å². The Morgan fingerprint density at radius 3 is 2.90 bits per heavy atom. The zero-order valence-electron chi connectivity index (χ0n) is 12.2. The lowest BCUT2D eigenvalue weighted by atomic mass is 10.1. The maximum Gasteiger partial charge on any atom is 0.337 e. The Hall–Kier alpha value is -2.57. The third-order valence-electron chi connectivity index (χ3n) is 3.17. The Bertz CT molecular complexity index is 638. The van der Waals surface area contributed by atoms with Gasteiger partial charge in [-0.1, -0.05) is 6.92 Å². The number of anilines is 2. The van der Waals surface area contributed by atoms with Crippen molar-refractivity contribution in [2.45, 2.75) is 26.4 Å². The molecular formula is C14H19N5O2. The van der Waals surface area contributed by atoms with E-state index >= 15 is 0 Å². The Kier molecular flexibility index (Phi) is 4.42. The molecule has 1 aromatic heterocycles. The predicted molar refractivity (Wildman–Crippen MR) is 80.2 cm³/mol. The summed E-state index contributed by atoms with van der Waals surface area (Å²) in [6, 6.07) is 4.86. The topological polar surface area (TPSA) is 97.3 Å². The number of carbonyl (C=O) groups is 1. The van der Waals surface area contributed by atoms with Gasteiger partial charge in [0.1, 0.15) is 12.2 Å². The van der Waals surface area contributed by atoms with Gasteiger partial charge in [-0.3, -0.25) is 0 Å². The number of hydrogen-bond donors (Lipinski definition) is 2. The van der Waals surface area contributed by atoms with E-state index in [2.05, 4.69) is 17.0 Å². The van der Waals surface area contributed by atoms with Gasteiger partial charge in [-0.15, -0.1) is 0 Å². The number of carboxylic acid groups (broad SMARTS) is 1. The van der Waals surface area contributed by atoms with Gasteiger partial charge in [-0.25, -0.2) is 14.5 Å². The average molecular weight is 289 g/mol. The molecule has 3 N–H and O–H groups in total. The zero-order valence-corrected chi connectivity index (χ0v) is 12.2. The molecule has 7 heteroatoms. The predicted octanol–water partition coefficient (Wildman–Crippen LogP) is 1.60. The molecule has 0 bridgehead atoms. The fourth-order valence-electron chi connectivity index (χ4n) is 2.16. The molecule has 0 aliphatic rings. The second-order valence-corrected chi connectivity index (χ2v) is 4.84. The van der Waals surface area contributed by atoms with Crippen LogP contribution in [0.1, 0.15) is 29.5 Å². The summed E-state index contributed by atoms with van der Waals surface area (Å²) in [5, 5.41) is 13.5. The van der Waals surface area contributed by atoms with Crippen LogP contribution in [0.5, 0.6) is 0 Å². The molecule has 1 aromatic carbocycles. The van der Waals surface area contributed by atoms with Crippen molar-refractivity contribution in [2.75, 3.05) is 17.7 Å². The second kappa shape index (κ2) is 6.25. The van der Waals surface area contributed by atoms with Crippen molar-refractivity contribution in [3.63, 3.8) is 0 Å². The summed E-state index contributed by atoms with van der Waals surface area (Å²) in [4.78, 5) is 17.4. The first-order valence-electron chi connectivity index (χ1n) is 6.73. The normalized spacial score (nSPS) is 10.6. The molecule has 112 valence electrons. The lowest BCUT2D eigenvalue weighted by molar-refractivity contribution is 0.0697. The van der Waals surface area contributed by atoms with E-state index in [1.54, 1.807) is 12.1 Å². The van der Waals surface area contributed by atoms with Gasteiger partial charge in [0.25, 0.3) is 0 Å². The van der Waals surface area contributed by atoms with E-state index in [0.717, 1.165) is 18.8 Å². The number of aromatic carboxylic acids is 1. The van der Waals surface area contributed by atoms with Crippen molar-refractivity contribution < 1.29 is 9.90 Å². The van der Waals surface area contributed by atoms with Crippen LogP contribution in [0.3, 0.4) is 0 Å². The number of hydrogen-bond acceptors (Lipinski definition) is 5. The smallest absolute Gasteiger partial charge is 0.337 e. The van der Waals surface area contributed by atoms with Crippen LogP contribution in [0.15, 0.2) is 24.5 Å². The van der Waals surface area contributed by atoms with Gasteiger partial charge >= 0.3 is 5.97 Å². The maximum atomic E-state index is 11.3. The standard InChI is InChI=1S/C14H19N5O2/c1-3-6-19-13(16-9-17-19)8-18(2)12-5-4-10(15)7-11(12)14(20)21/h4-5,7,9H,3,6,8,15H2,1-2H3,(H,20,21). The minimum absolute atomic E-state index is 0.180. The van der Waals surface area contributed by atoms with Gasteiger partial charge in [-0.05, 0) is 24.6 Å². The molecule has 0 aliphatic heterocycles. The lowest BCUT2D eigenvalue weighted by Crippen LogP contribution is -2.22. The molecule has 0 saturated carbocycles. The largest absolute Gasteiger partial charge is 0.478 e. The van der Waals surface area contributed by atoms with Crippen LogP contribution in [-0.4, -0.2) is 32.9 Å². The maximum absolute atomic E-state index is 11.3. The van der Waals surface area contributed by atoms with Gasteiger partial charge in [0, 0.05) is 19.3 Å². The van der Waals surface area contributed by atoms with Crippen molar-refractivity contribution in [2.24, 2.45) is 0 Å². The monoisotopic (exact) mass is 289 g/mol. The number of rotatable bonds is 6. The van der Waals surface area contributed by atoms with Crippen LogP contribution >= 0.6 is 0 Å². The molecule has 0 spiro atoms. The third kappa shape index (κ3) is 3.31. The lowest BCUT2D eigenvalue weighted by Gasteiger charge is -2.21. The number of nitrogens with two attached hydrogens (primary N) is 1. The SMILES string of the molecule is CCCn1ncnc1CN(C)c1ccc(N)cc1C(=O)O. The minimum Gasteiger partial charge on any atom is -0.478 e. The van der Waals surface area contributed by atoms with E-state index in [1.165, 1.54) is 12.4 Å². The van der Waals surface area contributed by atoms with Gasteiger partial charge < -0.3 is 15.7 Å². The highest BCUT2D eigenvalue weighted by atomic mass is 16.4. The van der Waals surface area contributed by atoms with Crippen molar-refractivity contribution >= 4 is 17.3 Å². The fraction of sp³-hybridized carbons (Fsp3) is 0.357. The number of benzene rings is 1. The van der Waals surface area contributed by atoms with Crippen molar-refractivity contribution in [1.82, 2.24) is 14.8 Å². The number of aryl methyl sites for hydroxylation is 1. The zero-order chi connectivity index (χ0) is 15.4. The van der Waals surface area contributed by atoms with Crippen molar-refractivity contribution in [3.8, 4) is 0 Å². The highest BCUT2D eigenvalue weighted by Crippen LogP contribution is 2.23. The van der Waals surface area contributed by atoms with Crippen LogP contribution in [0.25, 0.3) is 0 Å². The molecule has 0 saturated heterocycles. The van der Waals surface area contributed by atoms with Crippen LogP contribution in [0.2, 0.25) is 0 Å². The first-order chi connectivity index (χ1) is 10.0. The summed E-state index contributed by atoms with van der Waals surface area (Å²) >= 11 is 0. The highest BCUT2D eigenvalue weighted by Gasteiger charge is 2.16. The molecular weight excluding hydrogens is 270 g/mol. The summed E-state index contributed by atoms with van der Waals surface area (Å²) in [5.74, 6) is -0.202. The Labute approximate surface area is 123 Å². The Morgan fingerprint density at radius 1 is 1.48 bits per heavy atom. The number of aromatic nitrogens is 3. The second-order valence-electron chi connectivity index (χ2n) is 4.84. The molecule has 2 aromatic rings. The molecule has 0 radical (unpaired) electrons. The van der Waals surface area contributed by atoms with Gasteiger partial charge in [0.05, 0.1) is 17.8 Å². The molecule has 0 unspecified atom stereocenters. The summed E-state index contributed by atoms with van der Waals surface area (Å²) in [7, 11) is 1.82. The van der Waals surface area contributed by atoms with E-state index < -0.39 is 5.97 Å². The quantitative estimate of drug-likeness (QED) is 0.784. The molecule has 2 rings (SSSR count). The van der Waals surface area contributed by atoms with Gasteiger partial charge in [0.2, 0.25) is 0 Å². The number of nitrogens with zero attached hydrogens (tertiary/aromatic N) is 4. The van der Waals surface area contributed by atoms with E-state index in [9.17, 15) is 9.90 Å². The van der Waals surface area contributed by atoms with E-state index in [4.69, 9.17) is 5.73 Å². The summed E-state index contributed by atoms with van der Waals surface area (Å²) in [6.07, 6.45) is 2.47. The Balaban J connectivity index is 2.26. The molecule has 7 nitrogen and oxygen atoms in total.